The van der Waals surface area contributed by atoms with Gasteiger partial charge in [-0.1, -0.05) is 69.6 Å². The largest absolute Gasteiger partial charge is 0.496 e. The van der Waals surface area contributed by atoms with Gasteiger partial charge in [-0.25, -0.2) is 9.45 Å². The van der Waals surface area contributed by atoms with E-state index in [1.807, 2.05) is 18.2 Å². The number of para-hydroxylation sites is 1. The molecule has 156 valence electrons. The van der Waals surface area contributed by atoms with Gasteiger partial charge < -0.3 is 14.5 Å². The van der Waals surface area contributed by atoms with Crippen LogP contribution < -0.4 is 4.74 Å². The van der Waals surface area contributed by atoms with Gasteiger partial charge in [-0.05, 0) is 38.3 Å². The Labute approximate surface area is 163 Å². The fraction of sp³-hybridized carbons (Fsp3) is 0.700. The summed E-state index contributed by atoms with van der Waals surface area (Å²) in [7, 11) is -4.54. The van der Waals surface area contributed by atoms with E-state index in [-0.39, 0.29) is 6.10 Å². The standard InChI is InChI=1S/C20H35O6P/c1-18-14-11-12-16-20(18)24-17-13-9-7-5-3-4-6-8-10-15-19(2)25-26-27(21,22)23/h11-12,14,16,19H,3-10,13,15,17H2,1-2H3,(H2,21,22,23). The number of hydrogen-bond acceptors (Lipinski definition) is 4. The lowest BCUT2D eigenvalue weighted by Crippen LogP contribution is -2.07. The van der Waals surface area contributed by atoms with Crippen molar-refractivity contribution in [2.75, 3.05) is 6.61 Å². The minimum absolute atomic E-state index is 0.306. The predicted molar refractivity (Wildman–Crippen MR) is 107 cm³/mol. The van der Waals surface area contributed by atoms with Crippen LogP contribution in [0.2, 0.25) is 0 Å². The molecule has 0 heterocycles. The van der Waals surface area contributed by atoms with Crippen molar-refractivity contribution >= 4 is 7.82 Å². The van der Waals surface area contributed by atoms with Gasteiger partial charge in [0.1, 0.15) is 5.75 Å². The molecular formula is C20H35O6P. The second-order valence-electron chi connectivity index (χ2n) is 7.06. The Morgan fingerprint density at radius 2 is 1.48 bits per heavy atom. The molecule has 0 aromatic heterocycles. The molecule has 0 saturated heterocycles. The molecule has 1 atom stereocenters. The minimum Gasteiger partial charge on any atom is -0.493 e. The van der Waals surface area contributed by atoms with Gasteiger partial charge in [0.15, 0.2) is 0 Å². The molecule has 1 aromatic carbocycles. The average molecular weight is 402 g/mol. The summed E-state index contributed by atoms with van der Waals surface area (Å²) in [5, 5.41) is 0. The molecule has 0 aliphatic rings. The lowest BCUT2D eigenvalue weighted by molar-refractivity contribution is -0.254. The zero-order chi connectivity index (χ0) is 20.0. The van der Waals surface area contributed by atoms with Crippen LogP contribution in [-0.2, 0) is 14.1 Å². The molecule has 6 nitrogen and oxygen atoms in total. The summed E-state index contributed by atoms with van der Waals surface area (Å²) in [6, 6.07) is 8.12. The highest BCUT2D eigenvalue weighted by molar-refractivity contribution is 7.46. The number of benzene rings is 1. The summed E-state index contributed by atoms with van der Waals surface area (Å²) in [6.45, 7) is 4.61. The highest BCUT2D eigenvalue weighted by atomic mass is 31.2. The van der Waals surface area contributed by atoms with Gasteiger partial charge in [0.25, 0.3) is 0 Å². The van der Waals surface area contributed by atoms with E-state index in [9.17, 15) is 4.57 Å². The number of ether oxygens (including phenoxy) is 1. The van der Waals surface area contributed by atoms with Crippen molar-refractivity contribution < 1.29 is 28.7 Å². The van der Waals surface area contributed by atoms with Crippen LogP contribution in [0.3, 0.4) is 0 Å². The van der Waals surface area contributed by atoms with Crippen LogP contribution in [0.15, 0.2) is 24.3 Å². The van der Waals surface area contributed by atoms with Gasteiger partial charge >= 0.3 is 7.82 Å². The van der Waals surface area contributed by atoms with Gasteiger partial charge in [-0.3, -0.25) is 0 Å². The summed E-state index contributed by atoms with van der Waals surface area (Å²) in [5.74, 6) is 0.991. The molecule has 1 rings (SSSR count). The van der Waals surface area contributed by atoms with Gasteiger partial charge in [-0.15, -0.1) is 4.67 Å². The third-order valence-electron chi connectivity index (χ3n) is 4.41. The van der Waals surface area contributed by atoms with Gasteiger partial charge in [-0.2, -0.15) is 0 Å². The van der Waals surface area contributed by atoms with E-state index >= 15 is 0 Å². The number of phosphoric acid groups is 1. The summed E-state index contributed by atoms with van der Waals surface area (Å²) >= 11 is 0. The van der Waals surface area contributed by atoms with E-state index in [0.29, 0.717) is 0 Å². The molecule has 0 spiro atoms. The van der Waals surface area contributed by atoms with Crippen LogP contribution in [0.5, 0.6) is 5.75 Å². The molecule has 1 aromatic rings. The maximum Gasteiger partial charge on any atom is 0.496 e. The molecule has 0 aliphatic heterocycles. The Hall–Kier alpha value is -0.910. The van der Waals surface area contributed by atoms with Crippen molar-refractivity contribution in [3.8, 4) is 5.75 Å². The van der Waals surface area contributed by atoms with Gasteiger partial charge in [0, 0.05) is 0 Å². The van der Waals surface area contributed by atoms with Crippen LogP contribution in [0, 0.1) is 6.92 Å². The minimum atomic E-state index is -4.54. The van der Waals surface area contributed by atoms with Gasteiger partial charge in [0.05, 0.1) is 12.7 Å². The van der Waals surface area contributed by atoms with E-state index in [4.69, 9.17) is 14.5 Å². The molecular weight excluding hydrogens is 367 g/mol. The number of hydrogen-bond donors (Lipinski definition) is 2. The first-order valence-corrected chi connectivity index (χ1v) is 11.5. The second kappa shape index (κ2) is 14.1. The number of unbranched alkanes of at least 4 members (excludes halogenated alkanes) is 8. The molecule has 0 aliphatic carbocycles. The number of aryl methyl sites for hydroxylation is 1. The lowest BCUT2D eigenvalue weighted by Gasteiger charge is -2.11. The second-order valence-corrected chi connectivity index (χ2v) is 8.19. The Bertz CT molecular complexity index is 545. The Morgan fingerprint density at radius 1 is 0.926 bits per heavy atom. The third kappa shape index (κ3) is 13.8. The monoisotopic (exact) mass is 402 g/mol. The third-order valence-corrected chi connectivity index (χ3v) is 4.69. The molecule has 0 radical (unpaired) electrons. The maximum atomic E-state index is 10.5. The SMILES string of the molecule is Cc1ccccc1OCCCCCCCCCCCC(C)OOP(=O)(O)O. The molecule has 0 fully saturated rings. The summed E-state index contributed by atoms with van der Waals surface area (Å²) < 4.78 is 20.3. The fourth-order valence-electron chi connectivity index (χ4n) is 2.85. The first kappa shape index (κ1) is 24.1. The van der Waals surface area contributed by atoms with Gasteiger partial charge in [0.2, 0.25) is 0 Å². The molecule has 7 heteroatoms. The Morgan fingerprint density at radius 3 is 2.07 bits per heavy atom. The summed E-state index contributed by atoms with van der Waals surface area (Å²) in [4.78, 5) is 21.8. The predicted octanol–water partition coefficient (Wildman–Crippen LogP) is 5.70. The molecule has 2 N–H and O–H groups in total. The smallest absolute Gasteiger partial charge is 0.493 e. The Balaban J connectivity index is 1.84. The number of rotatable bonds is 16. The maximum absolute atomic E-state index is 10.5. The molecule has 27 heavy (non-hydrogen) atoms. The van der Waals surface area contributed by atoms with E-state index in [1.165, 1.54) is 44.1 Å². The fourth-order valence-corrected chi connectivity index (χ4v) is 3.11. The molecule has 0 saturated carbocycles. The van der Waals surface area contributed by atoms with Crippen LogP contribution >= 0.6 is 7.82 Å². The first-order valence-electron chi connectivity index (χ1n) is 9.97. The van der Waals surface area contributed by atoms with Crippen molar-refractivity contribution in [1.29, 1.82) is 0 Å². The van der Waals surface area contributed by atoms with Crippen molar-refractivity contribution in [3.05, 3.63) is 29.8 Å². The average Bonchev–Trinajstić information content (AvgIpc) is 2.61. The van der Waals surface area contributed by atoms with Crippen LogP contribution in [0.4, 0.5) is 0 Å². The normalized spacial score (nSPS) is 12.9. The molecule has 1 unspecified atom stereocenters. The van der Waals surface area contributed by atoms with E-state index in [0.717, 1.165) is 38.0 Å². The quantitative estimate of drug-likeness (QED) is 0.160. The van der Waals surface area contributed by atoms with Crippen molar-refractivity contribution in [2.45, 2.75) is 84.2 Å². The highest BCUT2D eigenvalue weighted by Gasteiger charge is 2.17. The first-order chi connectivity index (χ1) is 12.9. The zero-order valence-corrected chi connectivity index (χ0v) is 17.5. The summed E-state index contributed by atoms with van der Waals surface area (Å²) in [6.07, 6.45) is 11.0. The van der Waals surface area contributed by atoms with Crippen LogP contribution in [0.1, 0.15) is 76.7 Å². The molecule has 0 amide bonds. The van der Waals surface area contributed by atoms with Crippen LogP contribution in [-0.4, -0.2) is 22.5 Å². The van der Waals surface area contributed by atoms with E-state index < -0.39 is 7.82 Å². The van der Waals surface area contributed by atoms with Crippen molar-refractivity contribution in [1.82, 2.24) is 0 Å². The van der Waals surface area contributed by atoms with Crippen molar-refractivity contribution in [3.63, 3.8) is 0 Å². The highest BCUT2D eigenvalue weighted by Crippen LogP contribution is 2.36. The van der Waals surface area contributed by atoms with E-state index in [2.05, 4.69) is 22.6 Å². The lowest BCUT2D eigenvalue weighted by atomic mass is 10.1. The van der Waals surface area contributed by atoms with E-state index in [1.54, 1.807) is 6.92 Å². The topological polar surface area (TPSA) is 85.2 Å². The Kier molecular flexibility index (Phi) is 12.6. The molecule has 0 bridgehead atoms. The summed E-state index contributed by atoms with van der Waals surface area (Å²) in [5.41, 5.74) is 1.19. The zero-order valence-electron chi connectivity index (χ0n) is 16.6. The van der Waals surface area contributed by atoms with Crippen LogP contribution in [0.25, 0.3) is 0 Å². The van der Waals surface area contributed by atoms with Crippen molar-refractivity contribution in [2.24, 2.45) is 0 Å².